The zero-order valence-electron chi connectivity index (χ0n) is 25.8. The van der Waals surface area contributed by atoms with E-state index in [0.717, 1.165) is 18.9 Å². The van der Waals surface area contributed by atoms with Crippen LogP contribution in [0.3, 0.4) is 0 Å². The van der Waals surface area contributed by atoms with E-state index in [2.05, 4.69) is 14.4 Å². The van der Waals surface area contributed by atoms with Crippen LogP contribution in [0.5, 0.6) is 17.2 Å². The van der Waals surface area contributed by atoms with Crippen molar-refractivity contribution in [3.05, 3.63) is 75.5 Å². The van der Waals surface area contributed by atoms with Crippen LogP contribution in [0.15, 0.2) is 48.8 Å². The molecule has 1 fully saturated rings. The number of alkyl halides is 2. The number of halogens is 4. The van der Waals surface area contributed by atoms with Crippen molar-refractivity contribution in [2.75, 3.05) is 30.8 Å². The van der Waals surface area contributed by atoms with Gasteiger partial charge in [-0.2, -0.15) is 8.78 Å². The maximum atomic E-state index is 13.1. The highest BCUT2D eigenvalue weighted by Gasteiger charge is 2.26. The van der Waals surface area contributed by atoms with Crippen molar-refractivity contribution < 1.29 is 55.3 Å². The van der Waals surface area contributed by atoms with Crippen molar-refractivity contribution in [1.29, 1.82) is 0 Å². The van der Waals surface area contributed by atoms with E-state index in [-0.39, 0.29) is 57.5 Å². The van der Waals surface area contributed by atoms with E-state index in [0.29, 0.717) is 11.1 Å². The summed E-state index contributed by atoms with van der Waals surface area (Å²) in [4.78, 5) is 40.9. The van der Waals surface area contributed by atoms with Crippen LogP contribution in [-0.2, 0) is 35.5 Å². The first-order chi connectivity index (χ1) is 23.2. The normalized spacial score (nSPS) is 13.3. The van der Waals surface area contributed by atoms with E-state index >= 15 is 0 Å². The van der Waals surface area contributed by atoms with Gasteiger partial charge in [0.05, 0.1) is 40.8 Å². The molecule has 3 aromatic rings. The molecule has 1 amide bonds. The molecular weight excluding hydrogens is 715 g/mol. The standard InChI is InChI=1S/C31H31Cl2F2N3O10S/c1-44-24-6-5-19(10-23(24)38-49(42,43)9-8-28(36)39)30(41)46-16-29(40)47-26(12-20-21(32)13-37-14-22(20)33)18-4-7-25(48-31(34)35)27(11-18)45-15-17-2-3-17/h4-7,10-11,13-14,17,26,31,38H,2-3,8-9,12,15-16H2,1H3,(H2,36,39)/t26-/m0/s1. The van der Waals surface area contributed by atoms with Gasteiger partial charge in [-0.15, -0.1) is 0 Å². The molecule has 3 N–H and O–H groups in total. The minimum absolute atomic E-state index is 0.00431. The van der Waals surface area contributed by atoms with Gasteiger partial charge in [0.2, 0.25) is 15.9 Å². The third-order valence-electron chi connectivity index (χ3n) is 6.98. The number of carbonyl (C=O) groups excluding carboxylic acids is 3. The number of anilines is 1. The van der Waals surface area contributed by atoms with Crippen LogP contribution in [0, 0.1) is 5.92 Å². The third-order valence-corrected chi connectivity index (χ3v) is 8.91. The first-order valence-corrected chi connectivity index (χ1v) is 17.0. The number of nitrogens with two attached hydrogens (primary N) is 1. The van der Waals surface area contributed by atoms with Crippen LogP contribution in [0.1, 0.15) is 46.9 Å². The number of methoxy groups -OCH3 is 1. The average molecular weight is 747 g/mol. The molecule has 0 aliphatic heterocycles. The molecule has 13 nitrogen and oxygen atoms in total. The molecule has 1 aliphatic rings. The Bertz CT molecular complexity index is 1770. The monoisotopic (exact) mass is 745 g/mol. The first-order valence-electron chi connectivity index (χ1n) is 14.6. The van der Waals surface area contributed by atoms with Crippen LogP contribution < -0.4 is 24.7 Å². The van der Waals surface area contributed by atoms with Gasteiger partial charge in [-0.05, 0) is 60.2 Å². The number of aromatic nitrogens is 1. The van der Waals surface area contributed by atoms with Gasteiger partial charge < -0.3 is 29.4 Å². The summed E-state index contributed by atoms with van der Waals surface area (Å²) in [6.45, 7) is -3.72. The molecular formula is C31H31Cl2F2N3O10S. The summed E-state index contributed by atoms with van der Waals surface area (Å²) in [5.41, 5.74) is 5.42. The SMILES string of the molecule is COc1ccc(C(=O)OCC(=O)O[C@@H](Cc2c(Cl)cncc2Cl)c2ccc(OC(F)F)c(OCC3CC3)c2)cc1NS(=O)(=O)CCC(N)=O. The zero-order chi connectivity index (χ0) is 35.7. The number of nitrogens with one attached hydrogen (secondary N) is 1. The van der Waals surface area contributed by atoms with Gasteiger partial charge in [0.1, 0.15) is 11.9 Å². The fourth-order valence-electron chi connectivity index (χ4n) is 4.34. The van der Waals surface area contributed by atoms with Crippen molar-refractivity contribution >= 4 is 56.8 Å². The summed E-state index contributed by atoms with van der Waals surface area (Å²) in [7, 11) is -2.78. The molecule has 49 heavy (non-hydrogen) atoms. The van der Waals surface area contributed by atoms with Gasteiger partial charge in [0, 0.05) is 25.2 Å². The lowest BCUT2D eigenvalue weighted by atomic mass is 10.0. The Morgan fingerprint density at radius 2 is 1.73 bits per heavy atom. The summed E-state index contributed by atoms with van der Waals surface area (Å²) < 4.78 is 79.6. The minimum Gasteiger partial charge on any atom is -0.495 e. The van der Waals surface area contributed by atoms with Crippen LogP contribution in [-0.4, -0.2) is 63.9 Å². The van der Waals surface area contributed by atoms with Crippen LogP contribution >= 0.6 is 23.2 Å². The van der Waals surface area contributed by atoms with Crippen molar-refractivity contribution in [3.8, 4) is 17.2 Å². The number of benzene rings is 2. The van der Waals surface area contributed by atoms with Crippen molar-refractivity contribution in [2.24, 2.45) is 11.7 Å². The van der Waals surface area contributed by atoms with E-state index in [9.17, 15) is 31.6 Å². The molecule has 1 aromatic heterocycles. The molecule has 4 rings (SSSR count). The number of sulfonamides is 1. The summed E-state index contributed by atoms with van der Waals surface area (Å²) in [6.07, 6.45) is 2.90. The number of carbonyl (C=O) groups is 3. The summed E-state index contributed by atoms with van der Waals surface area (Å²) in [6, 6.07) is 7.74. The molecule has 1 heterocycles. The molecule has 0 unspecified atom stereocenters. The molecule has 2 aromatic carbocycles. The van der Waals surface area contributed by atoms with Crippen LogP contribution in [0.4, 0.5) is 14.5 Å². The van der Waals surface area contributed by atoms with E-state index in [1.165, 1.54) is 49.8 Å². The molecule has 1 atom stereocenters. The molecule has 0 bridgehead atoms. The van der Waals surface area contributed by atoms with Gasteiger partial charge >= 0.3 is 18.6 Å². The Hall–Kier alpha value is -4.41. The summed E-state index contributed by atoms with van der Waals surface area (Å²) in [5.74, 6) is -3.33. The molecule has 18 heteroatoms. The Morgan fingerprint density at radius 1 is 1.04 bits per heavy atom. The number of primary amides is 1. The Labute approximate surface area is 290 Å². The maximum Gasteiger partial charge on any atom is 0.387 e. The second-order valence-corrected chi connectivity index (χ2v) is 13.4. The molecule has 0 spiro atoms. The number of hydrogen-bond donors (Lipinski definition) is 2. The van der Waals surface area contributed by atoms with Gasteiger partial charge in [0.25, 0.3) is 0 Å². The van der Waals surface area contributed by atoms with Gasteiger partial charge in [-0.1, -0.05) is 29.3 Å². The smallest absolute Gasteiger partial charge is 0.387 e. The highest BCUT2D eigenvalue weighted by molar-refractivity contribution is 7.92. The first kappa shape index (κ1) is 37.4. The molecule has 0 radical (unpaired) electrons. The van der Waals surface area contributed by atoms with Crippen molar-refractivity contribution in [2.45, 2.75) is 38.4 Å². The second kappa shape index (κ2) is 16.8. The Balaban J connectivity index is 1.52. The maximum absolute atomic E-state index is 13.1. The van der Waals surface area contributed by atoms with Gasteiger partial charge in [0.15, 0.2) is 18.1 Å². The third kappa shape index (κ3) is 11.3. The minimum atomic E-state index is -4.05. The molecule has 264 valence electrons. The highest BCUT2D eigenvalue weighted by atomic mass is 35.5. The predicted octanol–water partition coefficient (Wildman–Crippen LogP) is 5.09. The van der Waals surface area contributed by atoms with Crippen LogP contribution in [0.25, 0.3) is 0 Å². The number of ether oxygens (including phenoxy) is 5. The van der Waals surface area contributed by atoms with Gasteiger partial charge in [-0.3, -0.25) is 14.5 Å². The number of esters is 2. The Kier molecular flexibility index (Phi) is 12.8. The van der Waals surface area contributed by atoms with E-state index in [1.807, 2.05) is 0 Å². The molecule has 1 aliphatic carbocycles. The van der Waals surface area contributed by atoms with E-state index < -0.39 is 59.4 Å². The largest absolute Gasteiger partial charge is 0.495 e. The topological polar surface area (TPSA) is 182 Å². The van der Waals surface area contributed by atoms with Crippen molar-refractivity contribution in [1.82, 2.24) is 4.98 Å². The fraction of sp³-hybridized carbons (Fsp3) is 0.355. The lowest BCUT2D eigenvalue weighted by Crippen LogP contribution is -2.22. The van der Waals surface area contributed by atoms with E-state index in [1.54, 1.807) is 0 Å². The number of nitrogens with zero attached hydrogens (tertiary/aromatic N) is 1. The second-order valence-electron chi connectivity index (χ2n) is 10.7. The fourth-order valence-corrected chi connectivity index (χ4v) is 5.92. The Morgan fingerprint density at radius 3 is 2.37 bits per heavy atom. The summed E-state index contributed by atoms with van der Waals surface area (Å²) in [5, 5.41) is 0.340. The lowest BCUT2D eigenvalue weighted by Gasteiger charge is -2.21. The van der Waals surface area contributed by atoms with Crippen LogP contribution in [0.2, 0.25) is 10.0 Å². The van der Waals surface area contributed by atoms with E-state index in [4.69, 9.17) is 47.9 Å². The molecule has 1 saturated carbocycles. The average Bonchev–Trinajstić information content (AvgIpc) is 3.88. The number of amides is 1. The zero-order valence-corrected chi connectivity index (χ0v) is 28.2. The van der Waals surface area contributed by atoms with Gasteiger partial charge in [-0.25, -0.2) is 18.0 Å². The molecule has 0 saturated heterocycles. The number of hydrogen-bond acceptors (Lipinski definition) is 11. The number of rotatable bonds is 18. The van der Waals surface area contributed by atoms with Crippen molar-refractivity contribution in [3.63, 3.8) is 0 Å². The number of pyridine rings is 1. The summed E-state index contributed by atoms with van der Waals surface area (Å²) >= 11 is 12.6. The predicted molar refractivity (Wildman–Crippen MR) is 173 cm³/mol. The highest BCUT2D eigenvalue weighted by Crippen LogP contribution is 2.38. The lowest BCUT2D eigenvalue weighted by molar-refractivity contribution is -0.153. The quantitative estimate of drug-likeness (QED) is 0.166.